The number of nitrogens with zero attached hydrogens (tertiary/aromatic N) is 2. The van der Waals surface area contributed by atoms with Gasteiger partial charge in [-0.25, -0.2) is 10.4 Å². The molecule has 0 fully saturated rings. The Balaban J connectivity index is 1.58. The molecule has 0 saturated heterocycles. The first-order chi connectivity index (χ1) is 11.6. The summed E-state index contributed by atoms with van der Waals surface area (Å²) < 4.78 is 2.05. The molecule has 2 aromatic carbocycles. The number of thiazole rings is 1. The predicted molar refractivity (Wildman–Crippen MR) is 103 cm³/mol. The molecule has 3 aromatic rings. The zero-order chi connectivity index (χ0) is 16.9. The molecule has 0 aliphatic carbocycles. The summed E-state index contributed by atoms with van der Waals surface area (Å²) in [6.07, 6.45) is 1.60. The van der Waals surface area contributed by atoms with Gasteiger partial charge in [-0.05, 0) is 36.8 Å². The maximum Gasteiger partial charge on any atom is 0.262 e. The SMILES string of the molecule is C[C@@H](Nc1nc2ccccc2s1)C(=O)N/N=C\c1cccc(Br)c1. The van der Waals surface area contributed by atoms with Gasteiger partial charge in [-0.3, -0.25) is 4.79 Å². The van der Waals surface area contributed by atoms with E-state index in [9.17, 15) is 4.79 Å². The van der Waals surface area contributed by atoms with E-state index in [1.165, 1.54) is 11.3 Å². The molecule has 1 heterocycles. The summed E-state index contributed by atoms with van der Waals surface area (Å²) in [5.41, 5.74) is 4.35. The highest BCUT2D eigenvalue weighted by Crippen LogP contribution is 2.25. The normalized spacial score (nSPS) is 12.4. The first-order valence-corrected chi connectivity index (χ1v) is 8.93. The van der Waals surface area contributed by atoms with Crippen molar-refractivity contribution in [1.82, 2.24) is 10.4 Å². The van der Waals surface area contributed by atoms with Gasteiger partial charge in [-0.1, -0.05) is 51.5 Å². The zero-order valence-corrected chi connectivity index (χ0v) is 15.3. The molecule has 1 amide bonds. The highest BCUT2D eigenvalue weighted by Gasteiger charge is 2.14. The minimum atomic E-state index is -0.440. The molecule has 0 bridgehead atoms. The van der Waals surface area contributed by atoms with Crippen LogP contribution in [0.3, 0.4) is 0 Å². The molecule has 1 aromatic heterocycles. The number of para-hydroxylation sites is 1. The maximum absolute atomic E-state index is 12.1. The van der Waals surface area contributed by atoms with Gasteiger partial charge in [0.15, 0.2) is 5.13 Å². The first-order valence-electron chi connectivity index (χ1n) is 7.32. The molecule has 1 atom stereocenters. The Morgan fingerprint density at radius 3 is 2.92 bits per heavy atom. The maximum atomic E-state index is 12.1. The van der Waals surface area contributed by atoms with Crippen LogP contribution in [0.5, 0.6) is 0 Å². The Bertz CT molecular complexity index is 860. The third-order valence-corrected chi connectivity index (χ3v) is 4.73. The number of hydrogen-bond acceptors (Lipinski definition) is 5. The monoisotopic (exact) mass is 402 g/mol. The van der Waals surface area contributed by atoms with Gasteiger partial charge in [0.25, 0.3) is 5.91 Å². The molecule has 2 N–H and O–H groups in total. The van der Waals surface area contributed by atoms with E-state index in [-0.39, 0.29) is 5.91 Å². The van der Waals surface area contributed by atoms with Crippen LogP contribution in [0.4, 0.5) is 5.13 Å². The molecule has 122 valence electrons. The van der Waals surface area contributed by atoms with E-state index in [4.69, 9.17) is 0 Å². The fourth-order valence-corrected chi connectivity index (χ4v) is 3.41. The molecule has 0 spiro atoms. The Kier molecular flexibility index (Phi) is 5.22. The molecule has 0 saturated carbocycles. The minimum absolute atomic E-state index is 0.222. The average Bonchev–Trinajstić information content (AvgIpc) is 2.97. The number of aromatic nitrogens is 1. The Hall–Kier alpha value is -2.25. The van der Waals surface area contributed by atoms with E-state index in [1.807, 2.05) is 48.5 Å². The zero-order valence-electron chi connectivity index (χ0n) is 12.9. The number of carbonyl (C=O) groups is 1. The summed E-state index contributed by atoms with van der Waals surface area (Å²) in [7, 11) is 0. The molecule has 0 aliphatic rings. The van der Waals surface area contributed by atoms with Crippen molar-refractivity contribution in [3.05, 3.63) is 58.6 Å². The molecule has 3 rings (SSSR count). The third kappa shape index (κ3) is 4.18. The van der Waals surface area contributed by atoms with Gasteiger partial charge in [-0.15, -0.1) is 0 Å². The highest BCUT2D eigenvalue weighted by atomic mass is 79.9. The Labute approximate surface area is 151 Å². The quantitative estimate of drug-likeness (QED) is 0.500. The summed E-state index contributed by atoms with van der Waals surface area (Å²) in [4.78, 5) is 16.6. The number of amides is 1. The van der Waals surface area contributed by atoms with E-state index in [2.05, 4.69) is 36.8 Å². The number of rotatable bonds is 5. The molecule has 0 unspecified atom stereocenters. The number of nitrogens with one attached hydrogen (secondary N) is 2. The largest absolute Gasteiger partial charge is 0.350 e. The van der Waals surface area contributed by atoms with Crippen LogP contribution < -0.4 is 10.7 Å². The third-order valence-electron chi connectivity index (χ3n) is 3.26. The standard InChI is InChI=1S/C17H15BrN4OS/c1-11(20-17-21-14-7-2-3-8-15(14)24-17)16(23)22-19-10-12-5-4-6-13(18)9-12/h2-11H,1H3,(H,20,21)(H,22,23)/b19-10-/t11-/m1/s1. The van der Waals surface area contributed by atoms with E-state index in [1.54, 1.807) is 13.1 Å². The van der Waals surface area contributed by atoms with Gasteiger partial charge < -0.3 is 5.32 Å². The molecule has 7 heteroatoms. The number of halogens is 1. The fourth-order valence-electron chi connectivity index (χ4n) is 2.04. The van der Waals surface area contributed by atoms with Crippen molar-refractivity contribution in [2.24, 2.45) is 5.10 Å². The lowest BCUT2D eigenvalue weighted by molar-refractivity contribution is -0.121. The smallest absolute Gasteiger partial charge is 0.262 e. The average molecular weight is 403 g/mol. The lowest BCUT2D eigenvalue weighted by Crippen LogP contribution is -2.34. The highest BCUT2D eigenvalue weighted by molar-refractivity contribution is 9.10. The molecule has 5 nitrogen and oxygen atoms in total. The van der Waals surface area contributed by atoms with Crippen LogP contribution in [-0.2, 0) is 4.79 Å². The van der Waals surface area contributed by atoms with E-state index in [0.717, 1.165) is 25.4 Å². The van der Waals surface area contributed by atoms with Gasteiger partial charge >= 0.3 is 0 Å². The number of hydrogen-bond donors (Lipinski definition) is 2. The number of benzene rings is 2. The van der Waals surface area contributed by atoms with Gasteiger partial charge in [0.1, 0.15) is 6.04 Å². The second-order valence-corrected chi connectivity index (χ2v) is 7.09. The first kappa shape index (κ1) is 16.6. The van der Waals surface area contributed by atoms with E-state index < -0.39 is 6.04 Å². The lowest BCUT2D eigenvalue weighted by atomic mass is 10.2. The number of anilines is 1. The van der Waals surface area contributed by atoms with Gasteiger partial charge in [0.2, 0.25) is 0 Å². The number of hydrazone groups is 1. The Morgan fingerprint density at radius 2 is 2.12 bits per heavy atom. The van der Waals surface area contributed by atoms with Crippen molar-refractivity contribution < 1.29 is 4.79 Å². The molecular weight excluding hydrogens is 388 g/mol. The summed E-state index contributed by atoms with van der Waals surface area (Å²) in [6, 6.07) is 15.1. The van der Waals surface area contributed by atoms with E-state index in [0.29, 0.717) is 0 Å². The van der Waals surface area contributed by atoms with Crippen molar-refractivity contribution in [2.75, 3.05) is 5.32 Å². The van der Waals surface area contributed by atoms with Crippen molar-refractivity contribution in [3.8, 4) is 0 Å². The van der Waals surface area contributed by atoms with Crippen molar-refractivity contribution in [1.29, 1.82) is 0 Å². The van der Waals surface area contributed by atoms with Crippen LogP contribution in [-0.4, -0.2) is 23.1 Å². The summed E-state index contributed by atoms with van der Waals surface area (Å²) >= 11 is 4.91. The molecule has 0 aliphatic heterocycles. The van der Waals surface area contributed by atoms with Gasteiger partial charge in [0.05, 0.1) is 16.4 Å². The van der Waals surface area contributed by atoms with Crippen LogP contribution in [0.2, 0.25) is 0 Å². The van der Waals surface area contributed by atoms with Crippen molar-refractivity contribution in [2.45, 2.75) is 13.0 Å². The molecule has 0 radical (unpaired) electrons. The van der Waals surface area contributed by atoms with Gasteiger partial charge in [-0.2, -0.15) is 5.10 Å². The second-order valence-electron chi connectivity index (χ2n) is 5.14. The van der Waals surface area contributed by atoms with Crippen LogP contribution in [0.15, 0.2) is 58.1 Å². The lowest BCUT2D eigenvalue weighted by Gasteiger charge is -2.10. The van der Waals surface area contributed by atoms with Gasteiger partial charge in [0, 0.05) is 4.47 Å². The predicted octanol–water partition coefficient (Wildman–Crippen LogP) is 4.01. The van der Waals surface area contributed by atoms with Crippen LogP contribution in [0, 0.1) is 0 Å². The molecular formula is C17H15BrN4OS. The van der Waals surface area contributed by atoms with Crippen LogP contribution in [0.1, 0.15) is 12.5 Å². The van der Waals surface area contributed by atoms with Crippen LogP contribution >= 0.6 is 27.3 Å². The summed E-state index contributed by atoms with van der Waals surface area (Å²) in [5, 5.41) is 7.81. The molecule has 24 heavy (non-hydrogen) atoms. The topological polar surface area (TPSA) is 66.4 Å². The van der Waals surface area contributed by atoms with Crippen molar-refractivity contribution >= 4 is 54.7 Å². The Morgan fingerprint density at radius 1 is 1.29 bits per heavy atom. The second kappa shape index (κ2) is 7.55. The van der Waals surface area contributed by atoms with Crippen molar-refractivity contribution in [3.63, 3.8) is 0 Å². The fraction of sp³-hybridized carbons (Fsp3) is 0.118. The number of fused-ring (bicyclic) bond motifs is 1. The van der Waals surface area contributed by atoms with E-state index >= 15 is 0 Å². The number of carbonyl (C=O) groups excluding carboxylic acids is 1. The minimum Gasteiger partial charge on any atom is -0.350 e. The summed E-state index contributed by atoms with van der Waals surface area (Å²) in [6.45, 7) is 1.77. The van der Waals surface area contributed by atoms with Crippen LogP contribution in [0.25, 0.3) is 10.2 Å². The summed E-state index contributed by atoms with van der Waals surface area (Å²) in [5.74, 6) is -0.222.